The van der Waals surface area contributed by atoms with Crippen molar-refractivity contribution in [2.75, 3.05) is 0 Å². The Balaban J connectivity index is 2.14. The van der Waals surface area contributed by atoms with E-state index in [2.05, 4.69) is 5.10 Å². The summed E-state index contributed by atoms with van der Waals surface area (Å²) in [5.74, 6) is -0.267. The van der Waals surface area contributed by atoms with Crippen molar-refractivity contribution in [1.82, 2.24) is 9.78 Å². The Labute approximate surface area is 91.5 Å². The number of carbonyl (C=O) groups is 1. The highest BCUT2D eigenvalue weighted by molar-refractivity contribution is 5.73. The van der Waals surface area contributed by atoms with Crippen LogP contribution in [0.4, 0.5) is 9.18 Å². The molecule has 0 atom stereocenters. The lowest BCUT2D eigenvalue weighted by atomic mass is 10.1. The van der Waals surface area contributed by atoms with Gasteiger partial charge in [0.15, 0.2) is 0 Å². The van der Waals surface area contributed by atoms with E-state index in [-0.39, 0.29) is 5.82 Å². The minimum Gasteiger partial charge on any atom is -0.350 e. The van der Waals surface area contributed by atoms with Crippen molar-refractivity contribution in [2.24, 2.45) is 5.73 Å². The van der Waals surface area contributed by atoms with Gasteiger partial charge in [0, 0.05) is 12.6 Å². The number of nitrogens with two attached hydrogens (primary N) is 1. The molecule has 1 heterocycles. The quantitative estimate of drug-likeness (QED) is 0.832. The standard InChI is InChI=1S/C11H10FN3O/c12-10-3-1-8(2-4-10)5-9-6-14-15(7-9)11(13)16/h1-4,6-7H,5H2,(H2,13,16). The number of hydrogen-bond acceptors (Lipinski definition) is 2. The second-order valence-electron chi connectivity index (χ2n) is 3.43. The minimum absolute atomic E-state index is 0.267. The zero-order valence-corrected chi connectivity index (χ0v) is 8.43. The molecule has 82 valence electrons. The average Bonchev–Trinajstić information content (AvgIpc) is 2.70. The summed E-state index contributed by atoms with van der Waals surface area (Å²) in [6, 6.07) is 5.56. The van der Waals surface area contributed by atoms with Crippen molar-refractivity contribution < 1.29 is 9.18 Å². The predicted octanol–water partition coefficient (Wildman–Crippen LogP) is 1.54. The van der Waals surface area contributed by atoms with Gasteiger partial charge in [-0.25, -0.2) is 9.18 Å². The lowest BCUT2D eigenvalue weighted by Gasteiger charge is -1.97. The summed E-state index contributed by atoms with van der Waals surface area (Å²) in [5.41, 5.74) is 6.85. The van der Waals surface area contributed by atoms with Gasteiger partial charge in [0.05, 0.1) is 6.20 Å². The number of benzene rings is 1. The summed E-state index contributed by atoms with van der Waals surface area (Å²) < 4.78 is 13.7. The summed E-state index contributed by atoms with van der Waals surface area (Å²) in [7, 11) is 0. The Morgan fingerprint density at radius 2 is 2.00 bits per heavy atom. The molecule has 0 aliphatic heterocycles. The largest absolute Gasteiger partial charge is 0.350 e. The number of amides is 1. The number of carbonyl (C=O) groups excluding carboxylic acids is 1. The molecule has 0 bridgehead atoms. The third-order valence-corrected chi connectivity index (χ3v) is 2.18. The number of primary amides is 1. The van der Waals surface area contributed by atoms with E-state index < -0.39 is 6.03 Å². The number of rotatable bonds is 2. The van der Waals surface area contributed by atoms with Crippen LogP contribution in [0.2, 0.25) is 0 Å². The van der Waals surface area contributed by atoms with Crippen LogP contribution in [-0.4, -0.2) is 15.8 Å². The zero-order valence-electron chi connectivity index (χ0n) is 8.43. The molecule has 1 aromatic carbocycles. The highest BCUT2D eigenvalue weighted by atomic mass is 19.1. The van der Waals surface area contributed by atoms with Gasteiger partial charge in [0.2, 0.25) is 0 Å². The summed E-state index contributed by atoms with van der Waals surface area (Å²) in [5, 5.41) is 3.80. The van der Waals surface area contributed by atoms with Gasteiger partial charge < -0.3 is 5.73 Å². The lowest BCUT2D eigenvalue weighted by molar-refractivity contribution is 0.247. The molecule has 1 aromatic heterocycles. The van der Waals surface area contributed by atoms with E-state index in [1.807, 2.05) is 0 Å². The first-order valence-electron chi connectivity index (χ1n) is 4.73. The van der Waals surface area contributed by atoms with E-state index >= 15 is 0 Å². The van der Waals surface area contributed by atoms with Gasteiger partial charge in [0.25, 0.3) is 0 Å². The normalized spacial score (nSPS) is 10.3. The third kappa shape index (κ3) is 2.25. The summed E-state index contributed by atoms with van der Waals surface area (Å²) >= 11 is 0. The smallest absolute Gasteiger partial charge is 0.339 e. The van der Waals surface area contributed by atoms with Crippen molar-refractivity contribution in [3.05, 3.63) is 53.6 Å². The maximum Gasteiger partial charge on any atom is 0.339 e. The molecule has 0 aliphatic carbocycles. The van der Waals surface area contributed by atoms with Gasteiger partial charge >= 0.3 is 6.03 Å². The summed E-state index contributed by atoms with van der Waals surface area (Å²) in [4.78, 5) is 10.8. The Bertz CT molecular complexity index is 504. The molecule has 0 saturated carbocycles. The van der Waals surface area contributed by atoms with E-state index in [4.69, 9.17) is 5.73 Å². The van der Waals surface area contributed by atoms with E-state index in [1.165, 1.54) is 12.1 Å². The summed E-state index contributed by atoms with van der Waals surface area (Å²) in [6.07, 6.45) is 3.72. The third-order valence-electron chi connectivity index (χ3n) is 2.18. The molecule has 0 fully saturated rings. The van der Waals surface area contributed by atoms with Crippen molar-refractivity contribution >= 4 is 6.03 Å². The lowest BCUT2D eigenvalue weighted by Crippen LogP contribution is -2.19. The van der Waals surface area contributed by atoms with Gasteiger partial charge in [-0.2, -0.15) is 9.78 Å². The van der Waals surface area contributed by atoms with Gasteiger partial charge in [-0.1, -0.05) is 12.1 Å². The molecule has 2 rings (SSSR count). The van der Waals surface area contributed by atoms with Crippen molar-refractivity contribution in [3.8, 4) is 0 Å². The fourth-order valence-electron chi connectivity index (χ4n) is 1.41. The molecular weight excluding hydrogens is 209 g/mol. The van der Waals surface area contributed by atoms with E-state index in [1.54, 1.807) is 24.5 Å². The highest BCUT2D eigenvalue weighted by Gasteiger charge is 2.03. The Hall–Kier alpha value is -2.17. The second-order valence-corrected chi connectivity index (χ2v) is 3.43. The molecule has 0 radical (unpaired) electrons. The molecule has 0 saturated heterocycles. The van der Waals surface area contributed by atoms with Crippen LogP contribution >= 0.6 is 0 Å². The molecule has 0 aliphatic rings. The molecule has 5 heteroatoms. The van der Waals surface area contributed by atoms with Crippen LogP contribution in [0, 0.1) is 5.82 Å². The van der Waals surface area contributed by atoms with E-state index in [0.717, 1.165) is 15.8 Å². The van der Waals surface area contributed by atoms with Gasteiger partial charge in [0.1, 0.15) is 5.82 Å². The molecule has 0 unspecified atom stereocenters. The van der Waals surface area contributed by atoms with Crippen LogP contribution in [0.15, 0.2) is 36.7 Å². The number of nitrogens with zero attached hydrogens (tertiary/aromatic N) is 2. The predicted molar refractivity (Wildman–Crippen MR) is 56.4 cm³/mol. The van der Waals surface area contributed by atoms with Crippen LogP contribution in [-0.2, 0) is 6.42 Å². The van der Waals surface area contributed by atoms with Crippen LogP contribution < -0.4 is 5.73 Å². The summed E-state index contributed by atoms with van der Waals surface area (Å²) in [6.45, 7) is 0. The maximum absolute atomic E-state index is 12.7. The van der Waals surface area contributed by atoms with Crippen LogP contribution in [0.3, 0.4) is 0 Å². The molecule has 2 aromatic rings. The Kier molecular flexibility index (Phi) is 2.68. The first-order chi connectivity index (χ1) is 7.65. The molecule has 0 spiro atoms. The van der Waals surface area contributed by atoms with Gasteiger partial charge in [-0.3, -0.25) is 0 Å². The van der Waals surface area contributed by atoms with E-state index in [9.17, 15) is 9.18 Å². The SMILES string of the molecule is NC(=O)n1cc(Cc2ccc(F)cc2)cn1. The van der Waals surface area contributed by atoms with Gasteiger partial charge in [-0.05, 0) is 23.3 Å². The van der Waals surface area contributed by atoms with Crippen molar-refractivity contribution in [1.29, 1.82) is 0 Å². The van der Waals surface area contributed by atoms with Crippen LogP contribution in [0.5, 0.6) is 0 Å². The molecular formula is C11H10FN3O. The first-order valence-corrected chi connectivity index (χ1v) is 4.73. The molecule has 4 nitrogen and oxygen atoms in total. The number of hydrogen-bond donors (Lipinski definition) is 1. The molecule has 16 heavy (non-hydrogen) atoms. The topological polar surface area (TPSA) is 60.9 Å². The molecule has 2 N–H and O–H groups in total. The van der Waals surface area contributed by atoms with E-state index in [0.29, 0.717) is 6.42 Å². The number of halogens is 1. The highest BCUT2D eigenvalue weighted by Crippen LogP contribution is 2.09. The average molecular weight is 219 g/mol. The first kappa shape index (κ1) is 10.4. The van der Waals surface area contributed by atoms with Gasteiger partial charge in [-0.15, -0.1) is 0 Å². The monoisotopic (exact) mass is 219 g/mol. The minimum atomic E-state index is -0.620. The number of aromatic nitrogens is 2. The second kappa shape index (κ2) is 4.14. The Morgan fingerprint density at radius 1 is 1.31 bits per heavy atom. The van der Waals surface area contributed by atoms with Crippen molar-refractivity contribution in [2.45, 2.75) is 6.42 Å². The van der Waals surface area contributed by atoms with Crippen LogP contribution in [0.25, 0.3) is 0 Å². The molecule has 1 amide bonds. The fraction of sp³-hybridized carbons (Fsp3) is 0.0909. The van der Waals surface area contributed by atoms with Crippen molar-refractivity contribution in [3.63, 3.8) is 0 Å². The zero-order chi connectivity index (χ0) is 11.5. The van der Waals surface area contributed by atoms with Crippen LogP contribution in [0.1, 0.15) is 11.1 Å². The fourth-order valence-corrected chi connectivity index (χ4v) is 1.41. The maximum atomic E-state index is 12.7. The Morgan fingerprint density at radius 3 is 2.56 bits per heavy atom.